The van der Waals surface area contributed by atoms with Crippen LogP contribution in [0.2, 0.25) is 0 Å². The van der Waals surface area contributed by atoms with E-state index in [1.807, 2.05) is 32.3 Å². The lowest BCUT2D eigenvalue weighted by atomic mass is 9.94. The van der Waals surface area contributed by atoms with E-state index in [0.717, 1.165) is 53.8 Å². The fraction of sp³-hybridized carbons (Fsp3) is 0.607. The van der Waals surface area contributed by atoms with Crippen LogP contribution >= 0.6 is 15.9 Å². The first-order valence-corrected chi connectivity index (χ1v) is 13.1. The second-order valence-electron chi connectivity index (χ2n) is 9.17. The monoisotopic (exact) mass is 539 g/mol. The number of hydrogen-bond acceptors (Lipinski definition) is 2. The first-order chi connectivity index (χ1) is 16.1. The molecular formula is C28H44BrF2N3. The molecule has 0 aromatic carbocycles. The molecule has 1 heterocycles. The summed E-state index contributed by atoms with van der Waals surface area (Å²) in [5.41, 5.74) is 2.52. The van der Waals surface area contributed by atoms with E-state index in [9.17, 15) is 8.78 Å². The summed E-state index contributed by atoms with van der Waals surface area (Å²) in [6, 6.07) is 0.344. The Bertz CT molecular complexity index is 773. The minimum absolute atomic E-state index is 0.344. The van der Waals surface area contributed by atoms with Crippen LogP contribution in [0.5, 0.6) is 0 Å². The topological polar surface area (TPSA) is 18.8 Å². The van der Waals surface area contributed by atoms with Crippen molar-refractivity contribution in [2.75, 3.05) is 26.7 Å². The summed E-state index contributed by atoms with van der Waals surface area (Å²) >= 11 is 3.43. The summed E-state index contributed by atoms with van der Waals surface area (Å²) in [5.74, 6) is 0.524. The van der Waals surface area contributed by atoms with E-state index in [4.69, 9.17) is 0 Å². The number of nitrogens with zero attached hydrogens (tertiary/aromatic N) is 3. The van der Waals surface area contributed by atoms with Crippen LogP contribution in [-0.2, 0) is 0 Å². The molecule has 1 aliphatic rings. The summed E-state index contributed by atoms with van der Waals surface area (Å²) in [5, 5.41) is 0. The normalized spacial score (nSPS) is 20.2. The molecule has 0 aliphatic carbocycles. The molecule has 192 valence electrons. The van der Waals surface area contributed by atoms with Gasteiger partial charge in [-0.25, -0.2) is 8.78 Å². The Kier molecular flexibility index (Phi) is 14.5. The van der Waals surface area contributed by atoms with E-state index < -0.39 is 12.3 Å². The van der Waals surface area contributed by atoms with Crippen LogP contribution in [0.25, 0.3) is 0 Å². The van der Waals surface area contributed by atoms with E-state index in [2.05, 4.69) is 56.4 Å². The minimum atomic E-state index is -1.01. The van der Waals surface area contributed by atoms with Crippen molar-refractivity contribution in [1.29, 1.82) is 0 Å². The Morgan fingerprint density at radius 3 is 2.35 bits per heavy atom. The van der Waals surface area contributed by atoms with E-state index >= 15 is 0 Å². The number of rotatable bonds is 13. The third-order valence-electron chi connectivity index (χ3n) is 6.40. The smallest absolute Gasteiger partial charge is 0.119 e. The Hall–Kier alpha value is -1.53. The fourth-order valence-electron chi connectivity index (χ4n) is 4.16. The highest BCUT2D eigenvalue weighted by molar-refractivity contribution is 9.11. The lowest BCUT2D eigenvalue weighted by molar-refractivity contribution is 0.153. The first-order valence-electron chi connectivity index (χ1n) is 12.3. The van der Waals surface area contributed by atoms with Gasteiger partial charge in [-0.3, -0.25) is 9.89 Å². The van der Waals surface area contributed by atoms with Crippen molar-refractivity contribution >= 4 is 22.3 Å². The van der Waals surface area contributed by atoms with E-state index in [1.165, 1.54) is 6.92 Å². The Balaban J connectivity index is 2.75. The predicted molar refractivity (Wildman–Crippen MR) is 148 cm³/mol. The number of alkyl halides is 2. The van der Waals surface area contributed by atoms with Gasteiger partial charge >= 0.3 is 0 Å². The molecule has 0 saturated carbocycles. The molecule has 1 saturated heterocycles. The van der Waals surface area contributed by atoms with Gasteiger partial charge in [-0.2, -0.15) is 0 Å². The zero-order chi connectivity index (χ0) is 25.7. The van der Waals surface area contributed by atoms with Gasteiger partial charge in [-0.1, -0.05) is 46.8 Å². The maximum atomic E-state index is 14.1. The molecule has 3 atom stereocenters. The van der Waals surface area contributed by atoms with Gasteiger partial charge in [0.15, 0.2) is 0 Å². The van der Waals surface area contributed by atoms with Gasteiger partial charge in [0.25, 0.3) is 0 Å². The lowest BCUT2D eigenvalue weighted by Crippen LogP contribution is -2.41. The first kappa shape index (κ1) is 30.5. The highest BCUT2D eigenvalue weighted by atomic mass is 79.9. The Morgan fingerprint density at radius 2 is 1.82 bits per heavy atom. The van der Waals surface area contributed by atoms with Crippen LogP contribution in [0, 0.1) is 5.92 Å². The largest absolute Gasteiger partial charge is 0.333 e. The second kappa shape index (κ2) is 16.2. The van der Waals surface area contributed by atoms with E-state index in [-0.39, 0.29) is 0 Å². The summed E-state index contributed by atoms with van der Waals surface area (Å²) < 4.78 is 28.1. The van der Waals surface area contributed by atoms with Crippen LogP contribution in [0.4, 0.5) is 8.78 Å². The van der Waals surface area contributed by atoms with Crippen molar-refractivity contribution in [3.63, 3.8) is 0 Å². The van der Waals surface area contributed by atoms with Gasteiger partial charge in [0.2, 0.25) is 0 Å². The molecule has 0 aromatic heterocycles. The molecular weight excluding hydrogens is 496 g/mol. The fourth-order valence-corrected chi connectivity index (χ4v) is 4.71. The highest BCUT2D eigenvalue weighted by Gasteiger charge is 2.24. The average molecular weight is 541 g/mol. The molecule has 0 aromatic rings. The number of aliphatic imine (C=N–C) groups is 1. The molecule has 0 spiro atoms. The summed E-state index contributed by atoms with van der Waals surface area (Å²) in [4.78, 5) is 8.84. The van der Waals surface area contributed by atoms with E-state index in [0.29, 0.717) is 24.8 Å². The SMILES string of the molecule is C=C(/C(C/C=C\C)=C(\C)C(C)F)N(C=NC)CC1CCN(C(C)/C=C\C/C(Br)=C\C(C)F)CC1. The number of allylic oxidation sites excluding steroid dienone is 7. The quantitative estimate of drug-likeness (QED) is 0.103. The third-order valence-corrected chi connectivity index (χ3v) is 6.99. The van der Waals surface area contributed by atoms with Crippen molar-refractivity contribution in [3.8, 4) is 0 Å². The van der Waals surface area contributed by atoms with Crippen molar-refractivity contribution in [2.45, 2.75) is 78.7 Å². The van der Waals surface area contributed by atoms with E-state index in [1.54, 1.807) is 20.0 Å². The van der Waals surface area contributed by atoms with Crippen LogP contribution in [-0.4, -0.2) is 61.2 Å². The summed E-state index contributed by atoms with van der Waals surface area (Å²) in [6.45, 7) is 16.4. The van der Waals surface area contributed by atoms with Crippen molar-refractivity contribution in [2.24, 2.45) is 10.9 Å². The van der Waals surface area contributed by atoms with Gasteiger partial charge in [0.05, 0.1) is 6.34 Å². The van der Waals surface area contributed by atoms with Crippen molar-refractivity contribution < 1.29 is 8.78 Å². The lowest BCUT2D eigenvalue weighted by Gasteiger charge is -2.37. The molecule has 0 bridgehead atoms. The molecule has 34 heavy (non-hydrogen) atoms. The van der Waals surface area contributed by atoms with Gasteiger partial charge in [0.1, 0.15) is 12.3 Å². The minimum Gasteiger partial charge on any atom is -0.333 e. The Morgan fingerprint density at radius 1 is 1.18 bits per heavy atom. The molecule has 6 heteroatoms. The Labute approximate surface area is 215 Å². The van der Waals surface area contributed by atoms with Gasteiger partial charge in [-0.05, 0) is 101 Å². The zero-order valence-electron chi connectivity index (χ0n) is 21.9. The summed E-state index contributed by atoms with van der Waals surface area (Å²) in [6.07, 6.45) is 13.4. The van der Waals surface area contributed by atoms with Crippen LogP contribution < -0.4 is 0 Å². The van der Waals surface area contributed by atoms with Crippen LogP contribution in [0.1, 0.15) is 60.3 Å². The molecule has 1 rings (SSSR count). The number of halogens is 3. The molecule has 0 amide bonds. The molecule has 3 unspecified atom stereocenters. The third kappa shape index (κ3) is 10.8. The predicted octanol–water partition coefficient (Wildman–Crippen LogP) is 7.78. The number of likely N-dealkylation sites (tertiary alicyclic amines) is 1. The zero-order valence-corrected chi connectivity index (χ0v) is 23.5. The average Bonchev–Trinajstić information content (AvgIpc) is 2.78. The second-order valence-corrected chi connectivity index (χ2v) is 10.2. The van der Waals surface area contributed by atoms with Crippen LogP contribution in [0.15, 0.2) is 63.3 Å². The van der Waals surface area contributed by atoms with Gasteiger partial charge in [0, 0.05) is 25.3 Å². The van der Waals surface area contributed by atoms with Gasteiger partial charge in [-0.15, -0.1) is 0 Å². The number of hydrogen-bond donors (Lipinski definition) is 0. The maximum absolute atomic E-state index is 14.1. The molecule has 1 aliphatic heterocycles. The number of piperidine rings is 1. The maximum Gasteiger partial charge on any atom is 0.119 e. The molecule has 1 fully saturated rings. The standard InChI is InChI=1S/C28H44BrF2N3/c1-8-9-13-28(23(4)24(5)31)25(6)34(20-32-7)19-26-14-16-33(17-15-26)22(3)11-10-12-27(29)18-21(2)30/h8-11,18,20-22,24,26H,6,12-17,19H2,1-5,7H3/b9-8-,11-10-,27-18+,28-23+,32-20?. The van der Waals surface area contributed by atoms with Crippen molar-refractivity contribution in [3.05, 3.63) is 58.3 Å². The molecule has 0 N–H and O–H groups in total. The molecule has 0 radical (unpaired) electrons. The molecule has 3 nitrogen and oxygen atoms in total. The van der Waals surface area contributed by atoms with Crippen molar-refractivity contribution in [1.82, 2.24) is 9.80 Å². The highest BCUT2D eigenvalue weighted by Crippen LogP contribution is 2.27. The summed E-state index contributed by atoms with van der Waals surface area (Å²) in [7, 11) is 1.76. The van der Waals surface area contributed by atoms with Gasteiger partial charge < -0.3 is 4.90 Å². The van der Waals surface area contributed by atoms with Crippen LogP contribution in [0.3, 0.4) is 0 Å².